The van der Waals surface area contributed by atoms with Gasteiger partial charge in [-0.15, -0.1) is 0 Å². The fraction of sp³-hybridized carbons (Fsp3) is 0.429. The molecule has 1 heterocycles. The summed E-state index contributed by atoms with van der Waals surface area (Å²) in [6.45, 7) is 0.473. The highest BCUT2D eigenvalue weighted by Crippen LogP contribution is 2.18. The first-order valence-electron chi connectivity index (χ1n) is 6.47. The largest absolute Gasteiger partial charge is 0.481 e. The molecule has 1 saturated heterocycles. The molecule has 1 fully saturated rings. The number of rotatable bonds is 5. The van der Waals surface area contributed by atoms with Crippen molar-refractivity contribution in [2.45, 2.75) is 18.9 Å². The number of carbonyl (C=O) groups is 2. The Balaban J connectivity index is 1.81. The van der Waals surface area contributed by atoms with Gasteiger partial charge in [-0.3, -0.25) is 9.59 Å². The summed E-state index contributed by atoms with van der Waals surface area (Å²) in [5.41, 5.74) is 6.34. The summed E-state index contributed by atoms with van der Waals surface area (Å²) in [7, 11) is 0. The van der Waals surface area contributed by atoms with Crippen LogP contribution < -0.4 is 5.73 Å². The number of benzene rings is 1. The maximum Gasteiger partial charge on any atom is 0.310 e. The van der Waals surface area contributed by atoms with Gasteiger partial charge < -0.3 is 15.7 Å². The summed E-state index contributed by atoms with van der Waals surface area (Å²) < 4.78 is 13.4. The molecule has 6 heteroatoms. The Hall–Kier alpha value is -1.95. The van der Waals surface area contributed by atoms with E-state index in [1.807, 2.05) is 0 Å². The minimum atomic E-state index is -0.885. The summed E-state index contributed by atoms with van der Waals surface area (Å²) in [5, 5.41) is 8.74. The highest BCUT2D eigenvalue weighted by Gasteiger charge is 2.35. The molecule has 0 radical (unpaired) electrons. The molecule has 0 aliphatic carbocycles. The van der Waals surface area contributed by atoms with Crippen LogP contribution in [0.15, 0.2) is 24.3 Å². The Bertz CT molecular complexity index is 515. The number of hydrogen-bond donors (Lipinski definition) is 2. The third-order valence-electron chi connectivity index (χ3n) is 3.46. The molecule has 1 aliphatic rings. The van der Waals surface area contributed by atoms with Gasteiger partial charge in [0.1, 0.15) is 5.82 Å². The van der Waals surface area contributed by atoms with E-state index in [2.05, 4.69) is 0 Å². The van der Waals surface area contributed by atoms with Crippen LogP contribution in [0.2, 0.25) is 0 Å². The SMILES string of the molecule is NC(CC(=O)N1CC(C(=O)O)C1)Cc1ccccc1F. The van der Waals surface area contributed by atoms with Crippen molar-refractivity contribution in [1.82, 2.24) is 4.90 Å². The molecule has 0 aromatic heterocycles. The average Bonchev–Trinajstić information content (AvgIpc) is 2.29. The lowest BCUT2D eigenvalue weighted by Gasteiger charge is -2.37. The molecule has 2 rings (SSSR count). The number of amides is 1. The van der Waals surface area contributed by atoms with Crippen molar-refractivity contribution >= 4 is 11.9 Å². The van der Waals surface area contributed by atoms with Crippen LogP contribution in [-0.2, 0) is 16.0 Å². The zero-order chi connectivity index (χ0) is 14.7. The van der Waals surface area contributed by atoms with Crippen LogP contribution in [0.4, 0.5) is 4.39 Å². The molecule has 0 bridgehead atoms. The molecule has 108 valence electrons. The first kappa shape index (κ1) is 14.5. The van der Waals surface area contributed by atoms with E-state index in [-0.39, 0.29) is 37.7 Å². The quantitative estimate of drug-likeness (QED) is 0.828. The Morgan fingerprint density at radius 1 is 1.40 bits per heavy atom. The molecule has 20 heavy (non-hydrogen) atoms. The second-order valence-electron chi connectivity index (χ2n) is 5.09. The van der Waals surface area contributed by atoms with Crippen molar-refractivity contribution in [2.24, 2.45) is 11.7 Å². The number of likely N-dealkylation sites (tertiary alicyclic amines) is 1. The van der Waals surface area contributed by atoms with E-state index in [4.69, 9.17) is 10.8 Å². The molecule has 0 spiro atoms. The first-order valence-corrected chi connectivity index (χ1v) is 6.47. The summed E-state index contributed by atoms with van der Waals surface area (Å²) in [6.07, 6.45) is 0.384. The van der Waals surface area contributed by atoms with Gasteiger partial charge in [-0.2, -0.15) is 0 Å². The number of halogens is 1. The van der Waals surface area contributed by atoms with Crippen molar-refractivity contribution in [3.05, 3.63) is 35.6 Å². The molecular weight excluding hydrogens is 263 g/mol. The minimum Gasteiger partial charge on any atom is -0.481 e. The number of hydrogen-bond acceptors (Lipinski definition) is 3. The molecular formula is C14H17FN2O3. The van der Waals surface area contributed by atoms with Gasteiger partial charge in [0, 0.05) is 25.6 Å². The molecule has 3 N–H and O–H groups in total. The van der Waals surface area contributed by atoms with Gasteiger partial charge in [-0.1, -0.05) is 18.2 Å². The normalized spacial score (nSPS) is 16.6. The third-order valence-corrected chi connectivity index (χ3v) is 3.46. The van der Waals surface area contributed by atoms with Gasteiger partial charge in [0.15, 0.2) is 0 Å². The van der Waals surface area contributed by atoms with Crippen molar-refractivity contribution in [3.63, 3.8) is 0 Å². The van der Waals surface area contributed by atoms with Crippen LogP contribution in [0.5, 0.6) is 0 Å². The maximum atomic E-state index is 13.4. The summed E-state index contributed by atoms with van der Waals surface area (Å²) in [6, 6.07) is 5.85. The second kappa shape index (κ2) is 6.00. The van der Waals surface area contributed by atoms with Gasteiger partial charge in [0.25, 0.3) is 0 Å². The Labute approximate surface area is 116 Å². The van der Waals surface area contributed by atoms with Gasteiger partial charge in [-0.25, -0.2) is 4.39 Å². The van der Waals surface area contributed by atoms with Crippen molar-refractivity contribution in [1.29, 1.82) is 0 Å². The van der Waals surface area contributed by atoms with Crippen LogP contribution in [0.25, 0.3) is 0 Å². The Morgan fingerprint density at radius 3 is 2.65 bits per heavy atom. The number of aliphatic carboxylic acids is 1. The standard InChI is InChI=1S/C14H17FN2O3/c15-12-4-2-1-3-9(12)5-11(16)6-13(18)17-7-10(8-17)14(19)20/h1-4,10-11H,5-8,16H2,(H,19,20). The van der Waals surface area contributed by atoms with Crippen LogP contribution in [0.3, 0.4) is 0 Å². The monoisotopic (exact) mass is 280 g/mol. The smallest absolute Gasteiger partial charge is 0.310 e. The van der Waals surface area contributed by atoms with Crippen LogP contribution in [0.1, 0.15) is 12.0 Å². The lowest BCUT2D eigenvalue weighted by molar-refractivity contribution is -0.152. The predicted molar refractivity (Wildman–Crippen MR) is 70.4 cm³/mol. The fourth-order valence-electron chi connectivity index (χ4n) is 2.21. The number of carboxylic acids is 1. The maximum absolute atomic E-state index is 13.4. The summed E-state index contributed by atoms with van der Waals surface area (Å²) in [5.74, 6) is -1.86. The zero-order valence-corrected chi connectivity index (χ0v) is 11.0. The van der Waals surface area contributed by atoms with Gasteiger partial charge in [0.05, 0.1) is 5.92 Å². The van der Waals surface area contributed by atoms with E-state index in [1.165, 1.54) is 11.0 Å². The molecule has 1 amide bonds. The number of nitrogens with zero attached hydrogens (tertiary/aromatic N) is 1. The highest BCUT2D eigenvalue weighted by atomic mass is 19.1. The average molecular weight is 280 g/mol. The molecule has 1 aliphatic heterocycles. The van der Waals surface area contributed by atoms with E-state index in [1.54, 1.807) is 18.2 Å². The van der Waals surface area contributed by atoms with E-state index < -0.39 is 17.9 Å². The minimum absolute atomic E-state index is 0.0979. The number of nitrogens with two attached hydrogens (primary N) is 1. The van der Waals surface area contributed by atoms with E-state index in [0.29, 0.717) is 5.56 Å². The summed E-state index contributed by atoms with van der Waals surface area (Å²) >= 11 is 0. The molecule has 1 aromatic carbocycles. The number of carbonyl (C=O) groups excluding carboxylic acids is 1. The van der Waals surface area contributed by atoms with Gasteiger partial charge in [0.2, 0.25) is 5.91 Å². The third kappa shape index (κ3) is 3.33. The van der Waals surface area contributed by atoms with Gasteiger partial charge >= 0.3 is 5.97 Å². The summed E-state index contributed by atoms with van der Waals surface area (Å²) in [4.78, 5) is 24.0. The lowest BCUT2D eigenvalue weighted by Crippen LogP contribution is -2.54. The highest BCUT2D eigenvalue weighted by molar-refractivity contribution is 5.81. The Morgan fingerprint density at radius 2 is 2.05 bits per heavy atom. The fourth-order valence-corrected chi connectivity index (χ4v) is 2.21. The lowest BCUT2D eigenvalue weighted by atomic mass is 9.98. The Kier molecular flexibility index (Phi) is 4.34. The van der Waals surface area contributed by atoms with E-state index in [9.17, 15) is 14.0 Å². The predicted octanol–water partition coefficient (Wildman–Crippen LogP) is 0.629. The molecule has 1 aromatic rings. The van der Waals surface area contributed by atoms with Crippen molar-refractivity contribution in [3.8, 4) is 0 Å². The van der Waals surface area contributed by atoms with Crippen molar-refractivity contribution < 1.29 is 19.1 Å². The number of carboxylic acid groups (broad SMARTS) is 1. The molecule has 1 unspecified atom stereocenters. The van der Waals surface area contributed by atoms with Crippen LogP contribution in [-0.4, -0.2) is 41.0 Å². The molecule has 1 atom stereocenters. The first-order chi connectivity index (χ1) is 9.47. The van der Waals surface area contributed by atoms with Crippen LogP contribution in [0, 0.1) is 11.7 Å². The topological polar surface area (TPSA) is 83.6 Å². The molecule has 0 saturated carbocycles. The molecule has 5 nitrogen and oxygen atoms in total. The van der Waals surface area contributed by atoms with Crippen LogP contribution >= 0.6 is 0 Å². The van der Waals surface area contributed by atoms with E-state index in [0.717, 1.165) is 0 Å². The zero-order valence-electron chi connectivity index (χ0n) is 11.0. The second-order valence-corrected chi connectivity index (χ2v) is 5.09. The van der Waals surface area contributed by atoms with E-state index >= 15 is 0 Å². The van der Waals surface area contributed by atoms with Crippen molar-refractivity contribution in [2.75, 3.05) is 13.1 Å². The van der Waals surface area contributed by atoms with Gasteiger partial charge in [-0.05, 0) is 18.1 Å².